The average molecular weight is 312 g/mol. The molecular weight excluding hydrogens is 288 g/mol. The number of hydrazine groups is 1. The Bertz CT molecular complexity index is 574. The number of hydrogen-bond donors (Lipinski definition) is 3. The van der Waals surface area contributed by atoms with Crippen molar-refractivity contribution in [2.75, 3.05) is 5.43 Å². The summed E-state index contributed by atoms with van der Waals surface area (Å²) < 4.78 is 28.1. The summed E-state index contributed by atoms with van der Waals surface area (Å²) in [5.41, 5.74) is 2.34. The Balaban J connectivity index is 2.24. The Kier molecular flexibility index (Phi) is 5.18. The van der Waals surface area contributed by atoms with Crippen molar-refractivity contribution in [3.8, 4) is 0 Å². The fourth-order valence-electron chi connectivity index (χ4n) is 3.08. The quantitative estimate of drug-likeness (QED) is 0.569. The van der Waals surface area contributed by atoms with Crippen LogP contribution in [0.2, 0.25) is 0 Å². The van der Waals surface area contributed by atoms with Crippen molar-refractivity contribution in [1.29, 1.82) is 0 Å². The Hall–Kier alpha value is -1.18. The molecule has 0 aliphatic heterocycles. The lowest BCUT2D eigenvalue weighted by molar-refractivity contribution is 0.226. The number of pyridine rings is 1. The third-order valence-electron chi connectivity index (χ3n) is 4.18. The molecule has 1 fully saturated rings. The highest BCUT2D eigenvalue weighted by Crippen LogP contribution is 2.31. The summed E-state index contributed by atoms with van der Waals surface area (Å²) in [4.78, 5) is 4.05. The van der Waals surface area contributed by atoms with Crippen molar-refractivity contribution >= 4 is 15.8 Å². The predicted octanol–water partition coefficient (Wildman–Crippen LogP) is 1.86. The number of nitrogens with one attached hydrogen (secondary N) is 2. The van der Waals surface area contributed by atoms with Crippen molar-refractivity contribution in [3.63, 3.8) is 0 Å². The fraction of sp³-hybridized carbons (Fsp3) is 0.643. The number of nitrogens with two attached hydrogens (primary N) is 1. The van der Waals surface area contributed by atoms with Crippen LogP contribution in [0.1, 0.15) is 39.5 Å². The highest BCUT2D eigenvalue weighted by Gasteiger charge is 2.32. The molecule has 21 heavy (non-hydrogen) atoms. The van der Waals surface area contributed by atoms with E-state index in [1.807, 2.05) is 0 Å². The van der Waals surface area contributed by atoms with Gasteiger partial charge in [0.2, 0.25) is 10.0 Å². The Morgan fingerprint density at radius 2 is 2.05 bits per heavy atom. The standard InChI is InChI=1S/C14H24N4O2S/c1-10(2)11-6-3-4-7-12(11)18-21(19,20)13-8-5-9-16-14(13)17-15/h5,8-12,18H,3-4,6-7,15H2,1-2H3,(H,16,17). The summed E-state index contributed by atoms with van der Waals surface area (Å²) in [5.74, 6) is 6.35. The minimum atomic E-state index is -3.62. The van der Waals surface area contributed by atoms with Crippen molar-refractivity contribution in [2.24, 2.45) is 17.7 Å². The van der Waals surface area contributed by atoms with Crippen molar-refractivity contribution in [3.05, 3.63) is 18.3 Å². The molecule has 1 heterocycles. The monoisotopic (exact) mass is 312 g/mol. The zero-order valence-corrected chi connectivity index (χ0v) is 13.4. The smallest absolute Gasteiger partial charge is 0.244 e. The van der Waals surface area contributed by atoms with Gasteiger partial charge >= 0.3 is 0 Å². The number of nitrogen functional groups attached to an aromatic ring is 1. The van der Waals surface area contributed by atoms with Crippen LogP contribution in [-0.2, 0) is 10.0 Å². The molecule has 1 aromatic heterocycles. The molecule has 1 saturated carbocycles. The molecule has 2 atom stereocenters. The minimum absolute atomic E-state index is 0.0189. The molecule has 6 nitrogen and oxygen atoms in total. The second-order valence-corrected chi connectivity index (χ2v) is 7.60. The normalized spacial score (nSPS) is 23.2. The van der Waals surface area contributed by atoms with Gasteiger partial charge in [-0.15, -0.1) is 0 Å². The lowest BCUT2D eigenvalue weighted by atomic mass is 9.78. The molecule has 1 aliphatic carbocycles. The fourth-order valence-corrected chi connectivity index (χ4v) is 4.52. The van der Waals surface area contributed by atoms with E-state index in [4.69, 9.17) is 5.84 Å². The number of nitrogens with zero attached hydrogens (tertiary/aromatic N) is 1. The number of rotatable bonds is 5. The first-order chi connectivity index (χ1) is 9.95. The molecule has 118 valence electrons. The lowest BCUT2D eigenvalue weighted by Gasteiger charge is -2.34. The summed E-state index contributed by atoms with van der Waals surface area (Å²) in [5, 5.41) is 0. The largest absolute Gasteiger partial charge is 0.307 e. The van der Waals surface area contributed by atoms with Gasteiger partial charge < -0.3 is 5.43 Å². The summed E-state index contributed by atoms with van der Waals surface area (Å²) in [6, 6.07) is 3.09. The molecule has 2 rings (SSSR count). The van der Waals surface area contributed by atoms with Crippen LogP contribution in [0.15, 0.2) is 23.2 Å². The third-order valence-corrected chi connectivity index (χ3v) is 5.70. The van der Waals surface area contributed by atoms with Gasteiger partial charge in [-0.2, -0.15) is 0 Å². The van der Waals surface area contributed by atoms with Crippen LogP contribution in [0.3, 0.4) is 0 Å². The SMILES string of the molecule is CC(C)C1CCCCC1NS(=O)(=O)c1cccnc1NN. The van der Waals surface area contributed by atoms with Crippen LogP contribution in [-0.4, -0.2) is 19.4 Å². The Labute approximate surface area is 126 Å². The van der Waals surface area contributed by atoms with E-state index in [9.17, 15) is 8.42 Å². The lowest BCUT2D eigenvalue weighted by Crippen LogP contribution is -2.44. The zero-order valence-electron chi connectivity index (χ0n) is 12.5. The van der Waals surface area contributed by atoms with E-state index in [0.29, 0.717) is 11.8 Å². The first-order valence-corrected chi connectivity index (χ1v) is 8.88. The van der Waals surface area contributed by atoms with Crippen LogP contribution in [0.5, 0.6) is 0 Å². The van der Waals surface area contributed by atoms with Crippen molar-refractivity contribution in [1.82, 2.24) is 9.71 Å². The first-order valence-electron chi connectivity index (χ1n) is 7.39. The zero-order chi connectivity index (χ0) is 15.5. The van der Waals surface area contributed by atoms with Gasteiger partial charge in [0.05, 0.1) is 0 Å². The second kappa shape index (κ2) is 6.72. The van der Waals surface area contributed by atoms with Crippen LogP contribution in [0.25, 0.3) is 0 Å². The van der Waals surface area contributed by atoms with E-state index in [1.165, 1.54) is 18.7 Å². The maximum absolute atomic E-state index is 12.6. The average Bonchev–Trinajstić information content (AvgIpc) is 2.47. The Morgan fingerprint density at radius 3 is 2.71 bits per heavy atom. The highest BCUT2D eigenvalue weighted by molar-refractivity contribution is 7.89. The molecule has 7 heteroatoms. The number of anilines is 1. The van der Waals surface area contributed by atoms with E-state index < -0.39 is 10.0 Å². The summed E-state index contributed by atoms with van der Waals surface area (Å²) in [6.45, 7) is 4.29. The van der Waals surface area contributed by atoms with Gasteiger partial charge in [-0.1, -0.05) is 26.7 Å². The molecule has 0 bridgehead atoms. The summed E-state index contributed by atoms with van der Waals surface area (Å²) >= 11 is 0. The first kappa shape index (κ1) is 16.2. The molecule has 0 saturated heterocycles. The topological polar surface area (TPSA) is 97.1 Å². The van der Waals surface area contributed by atoms with Crippen LogP contribution < -0.4 is 16.0 Å². The van der Waals surface area contributed by atoms with Crippen LogP contribution in [0, 0.1) is 11.8 Å². The van der Waals surface area contributed by atoms with Gasteiger partial charge in [-0.3, -0.25) is 0 Å². The van der Waals surface area contributed by atoms with Gasteiger partial charge in [0.1, 0.15) is 4.90 Å². The van der Waals surface area contributed by atoms with Gasteiger partial charge in [0.25, 0.3) is 0 Å². The molecule has 0 aromatic carbocycles. The summed E-state index contributed by atoms with van der Waals surface area (Å²) in [6.07, 6.45) is 5.69. The van der Waals surface area contributed by atoms with Gasteiger partial charge in [-0.05, 0) is 36.8 Å². The van der Waals surface area contributed by atoms with E-state index in [2.05, 4.69) is 29.0 Å². The van der Waals surface area contributed by atoms with E-state index in [-0.39, 0.29) is 16.8 Å². The van der Waals surface area contributed by atoms with Crippen LogP contribution >= 0.6 is 0 Å². The summed E-state index contributed by atoms with van der Waals surface area (Å²) in [7, 11) is -3.62. The van der Waals surface area contributed by atoms with Gasteiger partial charge in [0, 0.05) is 12.2 Å². The minimum Gasteiger partial charge on any atom is -0.307 e. The number of aromatic nitrogens is 1. The van der Waals surface area contributed by atoms with Crippen molar-refractivity contribution < 1.29 is 8.42 Å². The number of sulfonamides is 1. The number of hydrogen-bond acceptors (Lipinski definition) is 5. The molecule has 0 spiro atoms. The second-order valence-electron chi connectivity index (χ2n) is 5.91. The molecule has 0 amide bonds. The third kappa shape index (κ3) is 3.72. The molecular formula is C14H24N4O2S. The molecule has 1 aliphatic rings. The molecule has 0 radical (unpaired) electrons. The maximum atomic E-state index is 12.6. The van der Waals surface area contributed by atoms with Crippen molar-refractivity contribution in [2.45, 2.75) is 50.5 Å². The molecule has 1 aromatic rings. The predicted molar refractivity (Wildman–Crippen MR) is 83.0 cm³/mol. The molecule has 4 N–H and O–H groups in total. The van der Waals surface area contributed by atoms with E-state index in [1.54, 1.807) is 6.07 Å². The molecule has 2 unspecified atom stereocenters. The maximum Gasteiger partial charge on any atom is 0.244 e. The van der Waals surface area contributed by atoms with E-state index >= 15 is 0 Å². The van der Waals surface area contributed by atoms with E-state index in [0.717, 1.165) is 19.3 Å². The van der Waals surface area contributed by atoms with Crippen LogP contribution in [0.4, 0.5) is 5.82 Å². The van der Waals surface area contributed by atoms with Gasteiger partial charge in [0.15, 0.2) is 5.82 Å². The Morgan fingerprint density at radius 1 is 1.33 bits per heavy atom. The van der Waals surface area contributed by atoms with Gasteiger partial charge in [-0.25, -0.2) is 24.0 Å². The highest BCUT2D eigenvalue weighted by atomic mass is 32.2.